The number of hydrogen-bond donors (Lipinski definition) is 2. The van der Waals surface area contributed by atoms with Gasteiger partial charge in [0, 0.05) is 48.7 Å². The fraction of sp³-hybridized carbons (Fsp3) is 0.632. The standard InChI is InChI=1S/C19H27N5O4S/c1-12-15(4-5-16(12)25)24-17(26)6-3-13-11-20-19(22-18(13)24)21-14-7-9-23(10-8-14)29(2,27)28/h3,6,11-12,14-16,25H,4-5,7-10H2,1-2H3,(H,20,21,22)/t12-,15-,16-/m0/s1. The van der Waals surface area contributed by atoms with Gasteiger partial charge in [0.05, 0.1) is 12.4 Å². The topological polar surface area (TPSA) is 117 Å². The number of aliphatic hydroxyl groups excluding tert-OH is 1. The van der Waals surface area contributed by atoms with E-state index in [-0.39, 0.29) is 23.6 Å². The van der Waals surface area contributed by atoms with Crippen LogP contribution in [0, 0.1) is 5.92 Å². The number of rotatable bonds is 4. The van der Waals surface area contributed by atoms with Crippen LogP contribution in [0.2, 0.25) is 0 Å². The molecule has 0 bridgehead atoms. The zero-order chi connectivity index (χ0) is 20.8. The van der Waals surface area contributed by atoms with Crippen LogP contribution in [0.3, 0.4) is 0 Å². The van der Waals surface area contributed by atoms with E-state index in [0.717, 1.165) is 11.8 Å². The Kier molecular flexibility index (Phi) is 5.34. The maximum atomic E-state index is 12.6. The Morgan fingerprint density at radius 3 is 2.52 bits per heavy atom. The zero-order valence-corrected chi connectivity index (χ0v) is 17.5. The number of anilines is 1. The molecule has 9 nitrogen and oxygen atoms in total. The summed E-state index contributed by atoms with van der Waals surface area (Å²) in [4.78, 5) is 21.7. The fourth-order valence-corrected chi connectivity index (χ4v) is 5.30. The highest BCUT2D eigenvalue weighted by molar-refractivity contribution is 7.88. The van der Waals surface area contributed by atoms with Crippen molar-refractivity contribution in [1.82, 2.24) is 18.8 Å². The first-order valence-corrected chi connectivity index (χ1v) is 11.9. The van der Waals surface area contributed by atoms with E-state index < -0.39 is 16.1 Å². The molecule has 0 unspecified atom stereocenters. The third-order valence-corrected chi connectivity index (χ3v) is 7.53. The number of pyridine rings is 1. The molecule has 3 atom stereocenters. The van der Waals surface area contributed by atoms with Crippen LogP contribution >= 0.6 is 0 Å². The molecule has 158 valence electrons. The molecule has 29 heavy (non-hydrogen) atoms. The number of hydrogen-bond acceptors (Lipinski definition) is 7. The van der Waals surface area contributed by atoms with Crippen LogP contribution in [-0.2, 0) is 10.0 Å². The number of piperidine rings is 1. The molecular weight excluding hydrogens is 394 g/mol. The molecule has 2 aliphatic rings. The van der Waals surface area contributed by atoms with Crippen molar-refractivity contribution in [1.29, 1.82) is 0 Å². The first kappa shape index (κ1) is 20.2. The number of nitrogens with zero attached hydrogens (tertiary/aromatic N) is 4. The summed E-state index contributed by atoms with van der Waals surface area (Å²) in [5.74, 6) is 0.408. The van der Waals surface area contributed by atoms with Crippen LogP contribution in [0.4, 0.5) is 5.95 Å². The smallest absolute Gasteiger partial charge is 0.252 e. The highest BCUT2D eigenvalue weighted by atomic mass is 32.2. The maximum absolute atomic E-state index is 12.6. The molecule has 1 saturated carbocycles. The van der Waals surface area contributed by atoms with Crippen molar-refractivity contribution in [3.05, 3.63) is 28.7 Å². The van der Waals surface area contributed by atoms with Crippen LogP contribution in [0.5, 0.6) is 0 Å². The summed E-state index contributed by atoms with van der Waals surface area (Å²) in [6.07, 6.45) is 5.25. The molecule has 0 spiro atoms. The van der Waals surface area contributed by atoms with Crippen molar-refractivity contribution >= 4 is 27.0 Å². The van der Waals surface area contributed by atoms with E-state index in [1.54, 1.807) is 16.8 Å². The second-order valence-electron chi connectivity index (χ2n) is 8.17. The van der Waals surface area contributed by atoms with Crippen LogP contribution in [0.25, 0.3) is 11.0 Å². The van der Waals surface area contributed by atoms with Gasteiger partial charge >= 0.3 is 0 Å². The van der Waals surface area contributed by atoms with E-state index in [1.807, 2.05) is 6.92 Å². The minimum absolute atomic E-state index is 0.0232. The van der Waals surface area contributed by atoms with Gasteiger partial charge in [-0.05, 0) is 31.7 Å². The molecule has 3 heterocycles. The van der Waals surface area contributed by atoms with Crippen molar-refractivity contribution in [2.75, 3.05) is 24.7 Å². The number of nitrogens with one attached hydrogen (secondary N) is 1. The van der Waals surface area contributed by atoms with Gasteiger partial charge in [-0.2, -0.15) is 4.98 Å². The minimum atomic E-state index is -3.16. The Morgan fingerprint density at radius 1 is 1.17 bits per heavy atom. The van der Waals surface area contributed by atoms with Gasteiger partial charge in [0.15, 0.2) is 0 Å². The van der Waals surface area contributed by atoms with Gasteiger partial charge in [0.2, 0.25) is 16.0 Å². The lowest BCUT2D eigenvalue weighted by atomic mass is 10.0. The first-order valence-electron chi connectivity index (χ1n) is 10.0. The van der Waals surface area contributed by atoms with Crippen LogP contribution < -0.4 is 10.9 Å². The highest BCUT2D eigenvalue weighted by Crippen LogP contribution is 2.36. The molecule has 2 fully saturated rings. The van der Waals surface area contributed by atoms with Crippen molar-refractivity contribution in [3.63, 3.8) is 0 Å². The Hall–Kier alpha value is -2.04. The second-order valence-corrected chi connectivity index (χ2v) is 10.1. The predicted molar refractivity (Wildman–Crippen MR) is 110 cm³/mol. The number of aliphatic hydroxyl groups is 1. The number of sulfonamides is 1. The third-order valence-electron chi connectivity index (χ3n) is 6.23. The van der Waals surface area contributed by atoms with Gasteiger partial charge in [-0.25, -0.2) is 17.7 Å². The lowest BCUT2D eigenvalue weighted by Gasteiger charge is -2.30. The summed E-state index contributed by atoms with van der Waals surface area (Å²) < 4.78 is 26.5. The SMILES string of the molecule is C[C@@H]1[C@@H](O)CC[C@@H]1n1c(=O)ccc2cnc(NC3CCN(S(C)(=O)=O)CC3)nc21. The van der Waals surface area contributed by atoms with Gasteiger partial charge in [-0.15, -0.1) is 0 Å². The Balaban J connectivity index is 1.59. The van der Waals surface area contributed by atoms with E-state index in [4.69, 9.17) is 0 Å². The molecule has 4 rings (SSSR count). The number of aromatic nitrogens is 3. The first-order chi connectivity index (χ1) is 13.7. The van der Waals surface area contributed by atoms with Crippen molar-refractivity contribution in [2.24, 2.45) is 5.92 Å². The van der Waals surface area contributed by atoms with E-state index in [9.17, 15) is 18.3 Å². The normalized spacial score (nSPS) is 26.8. The van der Waals surface area contributed by atoms with Crippen LogP contribution in [0.15, 0.2) is 23.1 Å². The molecule has 2 aromatic heterocycles. The minimum Gasteiger partial charge on any atom is -0.393 e. The second kappa shape index (κ2) is 7.66. The quantitative estimate of drug-likeness (QED) is 0.755. The summed E-state index contributed by atoms with van der Waals surface area (Å²) in [6.45, 7) is 2.89. The van der Waals surface area contributed by atoms with Gasteiger partial charge in [0.25, 0.3) is 5.56 Å². The number of fused-ring (bicyclic) bond motifs is 1. The maximum Gasteiger partial charge on any atom is 0.252 e. The molecule has 0 amide bonds. The summed E-state index contributed by atoms with van der Waals surface area (Å²) >= 11 is 0. The average Bonchev–Trinajstić information content (AvgIpc) is 3.00. The molecule has 0 radical (unpaired) electrons. The van der Waals surface area contributed by atoms with Crippen molar-refractivity contribution < 1.29 is 13.5 Å². The third kappa shape index (κ3) is 4.01. The van der Waals surface area contributed by atoms with Gasteiger partial charge in [0.1, 0.15) is 5.65 Å². The summed E-state index contributed by atoms with van der Waals surface area (Å²) in [7, 11) is -3.16. The largest absolute Gasteiger partial charge is 0.393 e. The molecule has 1 saturated heterocycles. The fourth-order valence-electron chi connectivity index (χ4n) is 4.43. The van der Waals surface area contributed by atoms with Crippen molar-refractivity contribution in [2.45, 2.75) is 50.8 Å². The molecule has 2 aromatic rings. The lowest BCUT2D eigenvalue weighted by Crippen LogP contribution is -2.42. The van der Waals surface area contributed by atoms with Crippen LogP contribution in [0.1, 0.15) is 38.6 Å². The zero-order valence-electron chi connectivity index (χ0n) is 16.7. The molecule has 0 aromatic carbocycles. The van der Waals surface area contributed by atoms with Gasteiger partial charge in [-0.3, -0.25) is 9.36 Å². The van der Waals surface area contributed by atoms with E-state index in [1.165, 1.54) is 16.6 Å². The van der Waals surface area contributed by atoms with Gasteiger partial charge < -0.3 is 10.4 Å². The Morgan fingerprint density at radius 2 is 1.90 bits per heavy atom. The molecule has 1 aliphatic carbocycles. The average molecular weight is 422 g/mol. The monoisotopic (exact) mass is 421 g/mol. The Bertz CT molecular complexity index is 1060. The van der Waals surface area contributed by atoms with Crippen molar-refractivity contribution in [3.8, 4) is 0 Å². The summed E-state index contributed by atoms with van der Waals surface area (Å²) in [5, 5.41) is 14.2. The van der Waals surface area contributed by atoms with Gasteiger partial charge in [-0.1, -0.05) is 6.92 Å². The Labute approximate surface area is 169 Å². The summed E-state index contributed by atoms with van der Waals surface area (Å²) in [6, 6.07) is 3.22. The summed E-state index contributed by atoms with van der Waals surface area (Å²) in [5.41, 5.74) is 0.434. The highest BCUT2D eigenvalue weighted by Gasteiger charge is 2.34. The lowest BCUT2D eigenvalue weighted by molar-refractivity contribution is 0.129. The van der Waals surface area contributed by atoms with Crippen LogP contribution in [-0.4, -0.2) is 63.9 Å². The molecule has 1 aliphatic heterocycles. The predicted octanol–water partition coefficient (Wildman–Crippen LogP) is 0.959. The van der Waals surface area contributed by atoms with E-state index >= 15 is 0 Å². The molecular formula is C19H27N5O4S. The van der Waals surface area contributed by atoms with E-state index in [0.29, 0.717) is 43.9 Å². The molecule has 2 N–H and O–H groups in total. The van der Waals surface area contributed by atoms with E-state index in [2.05, 4.69) is 15.3 Å². The molecule has 10 heteroatoms.